The predicted molar refractivity (Wildman–Crippen MR) is 81.6 cm³/mol. The van der Waals surface area contributed by atoms with Crippen molar-refractivity contribution in [3.05, 3.63) is 34.9 Å². The number of carbonyl (C=O) groups is 1. The minimum absolute atomic E-state index is 0.144. The Bertz CT molecular complexity index is 420. The summed E-state index contributed by atoms with van der Waals surface area (Å²) >= 11 is 5.85. The van der Waals surface area contributed by atoms with Crippen LogP contribution in [0, 0.1) is 5.92 Å². The highest BCUT2D eigenvalue weighted by Crippen LogP contribution is 2.18. The van der Waals surface area contributed by atoms with Gasteiger partial charge in [-0.3, -0.25) is 4.79 Å². The van der Waals surface area contributed by atoms with E-state index in [2.05, 4.69) is 5.32 Å². The molecule has 5 heteroatoms. The lowest BCUT2D eigenvalue weighted by molar-refractivity contribution is -0.123. The third-order valence-corrected chi connectivity index (χ3v) is 3.30. The molecule has 0 spiro atoms. The first-order valence-electron chi connectivity index (χ1n) is 6.75. The number of benzene rings is 1. The van der Waals surface area contributed by atoms with E-state index in [0.29, 0.717) is 23.9 Å². The molecular weight excluding hydrogens is 276 g/mol. The van der Waals surface area contributed by atoms with Crippen molar-refractivity contribution >= 4 is 17.5 Å². The Hall–Kier alpha value is -1.10. The largest absolute Gasteiger partial charge is 0.375 e. The fourth-order valence-corrected chi connectivity index (χ4v) is 2.08. The minimum Gasteiger partial charge on any atom is -0.375 e. The highest BCUT2D eigenvalue weighted by Gasteiger charge is 2.17. The molecule has 1 unspecified atom stereocenters. The first kappa shape index (κ1) is 17.0. The summed E-state index contributed by atoms with van der Waals surface area (Å²) in [4.78, 5) is 11.9. The Balaban J connectivity index is 2.53. The van der Waals surface area contributed by atoms with E-state index in [1.54, 1.807) is 19.2 Å². The van der Waals surface area contributed by atoms with Gasteiger partial charge >= 0.3 is 0 Å². The molecule has 0 aliphatic carbocycles. The lowest BCUT2D eigenvalue weighted by atomic mass is 10.0. The maximum Gasteiger partial charge on any atom is 0.237 e. The standard InChI is InChI=1S/C15H23ClN2O2/c1-10(2)8-13(17)15(19)18-9-14(20-3)11-4-6-12(16)7-5-11/h4-7,10,13-14H,8-9,17H2,1-3H3,(H,18,19)/t13-,14?/m0/s1. The van der Waals surface area contributed by atoms with Gasteiger partial charge in [0.05, 0.1) is 12.1 Å². The average Bonchev–Trinajstić information content (AvgIpc) is 2.40. The molecule has 1 amide bonds. The fraction of sp³-hybridized carbons (Fsp3) is 0.533. The van der Waals surface area contributed by atoms with E-state index < -0.39 is 6.04 Å². The van der Waals surface area contributed by atoms with Crippen molar-refractivity contribution in [1.29, 1.82) is 0 Å². The van der Waals surface area contributed by atoms with E-state index in [0.717, 1.165) is 5.56 Å². The summed E-state index contributed by atoms with van der Waals surface area (Å²) in [6, 6.07) is 6.90. The van der Waals surface area contributed by atoms with Gasteiger partial charge in [-0.15, -0.1) is 0 Å². The number of ether oxygens (including phenoxy) is 1. The van der Waals surface area contributed by atoms with Crippen molar-refractivity contribution < 1.29 is 9.53 Å². The van der Waals surface area contributed by atoms with Gasteiger partial charge in [0.15, 0.2) is 0 Å². The van der Waals surface area contributed by atoms with Crippen LogP contribution in [-0.4, -0.2) is 25.6 Å². The second kappa shape index (κ2) is 8.25. The highest BCUT2D eigenvalue weighted by molar-refractivity contribution is 6.30. The molecule has 4 nitrogen and oxygen atoms in total. The molecule has 112 valence electrons. The summed E-state index contributed by atoms with van der Waals surface area (Å²) in [6.07, 6.45) is 0.465. The zero-order valence-corrected chi connectivity index (χ0v) is 13.0. The summed E-state index contributed by atoms with van der Waals surface area (Å²) in [6.45, 7) is 4.47. The molecule has 1 aromatic carbocycles. The number of methoxy groups -OCH3 is 1. The van der Waals surface area contributed by atoms with Crippen molar-refractivity contribution in [2.24, 2.45) is 11.7 Å². The van der Waals surface area contributed by atoms with Crippen LogP contribution in [0.4, 0.5) is 0 Å². The molecule has 20 heavy (non-hydrogen) atoms. The first-order chi connectivity index (χ1) is 9.43. The van der Waals surface area contributed by atoms with Crippen molar-refractivity contribution in [3.8, 4) is 0 Å². The summed E-state index contributed by atoms with van der Waals surface area (Å²) in [5.74, 6) is 0.250. The number of nitrogens with one attached hydrogen (secondary N) is 1. The molecule has 2 atom stereocenters. The summed E-state index contributed by atoms with van der Waals surface area (Å²) in [5, 5.41) is 3.50. The predicted octanol–water partition coefficient (Wildman–Crippen LogP) is 2.52. The van der Waals surface area contributed by atoms with Gasteiger partial charge in [0, 0.05) is 18.7 Å². The quantitative estimate of drug-likeness (QED) is 0.813. The number of nitrogens with two attached hydrogens (primary N) is 1. The molecule has 0 saturated heterocycles. The lowest BCUT2D eigenvalue weighted by Crippen LogP contribution is -2.43. The highest BCUT2D eigenvalue weighted by atomic mass is 35.5. The lowest BCUT2D eigenvalue weighted by Gasteiger charge is -2.19. The summed E-state index contributed by atoms with van der Waals surface area (Å²) in [7, 11) is 1.61. The van der Waals surface area contributed by atoms with Crippen molar-refractivity contribution in [3.63, 3.8) is 0 Å². The third-order valence-electron chi connectivity index (χ3n) is 3.05. The smallest absolute Gasteiger partial charge is 0.237 e. The maximum absolute atomic E-state index is 11.9. The molecule has 3 N–H and O–H groups in total. The fourth-order valence-electron chi connectivity index (χ4n) is 1.95. The number of amides is 1. The van der Waals surface area contributed by atoms with Crippen molar-refractivity contribution in [1.82, 2.24) is 5.32 Å². The van der Waals surface area contributed by atoms with Crippen LogP contribution in [-0.2, 0) is 9.53 Å². The van der Waals surface area contributed by atoms with Crippen LogP contribution in [0.2, 0.25) is 5.02 Å². The van der Waals surface area contributed by atoms with Crippen LogP contribution in [0.5, 0.6) is 0 Å². The summed E-state index contributed by atoms with van der Waals surface area (Å²) in [5.41, 5.74) is 6.80. The van der Waals surface area contributed by atoms with Crippen LogP contribution in [0.3, 0.4) is 0 Å². The Morgan fingerprint density at radius 2 is 1.95 bits per heavy atom. The average molecular weight is 299 g/mol. The van der Waals surface area contributed by atoms with Crippen LogP contribution >= 0.6 is 11.6 Å². The van der Waals surface area contributed by atoms with Crippen molar-refractivity contribution in [2.45, 2.75) is 32.4 Å². The Morgan fingerprint density at radius 1 is 1.35 bits per heavy atom. The second-order valence-electron chi connectivity index (χ2n) is 5.26. The molecule has 0 heterocycles. The first-order valence-corrected chi connectivity index (χ1v) is 7.13. The van der Waals surface area contributed by atoms with Gasteiger partial charge in [-0.25, -0.2) is 0 Å². The van der Waals surface area contributed by atoms with Gasteiger partial charge < -0.3 is 15.8 Å². The van der Waals surface area contributed by atoms with E-state index in [1.807, 2.05) is 26.0 Å². The second-order valence-corrected chi connectivity index (χ2v) is 5.69. The maximum atomic E-state index is 11.9. The number of hydrogen-bond acceptors (Lipinski definition) is 3. The van der Waals surface area contributed by atoms with E-state index in [1.165, 1.54) is 0 Å². The normalized spacial score (nSPS) is 14.1. The van der Waals surface area contributed by atoms with Gasteiger partial charge in [-0.05, 0) is 30.0 Å². The summed E-state index contributed by atoms with van der Waals surface area (Å²) < 4.78 is 5.39. The number of hydrogen-bond donors (Lipinski definition) is 2. The number of carbonyl (C=O) groups excluding carboxylic acids is 1. The van der Waals surface area contributed by atoms with Crippen LogP contribution in [0.15, 0.2) is 24.3 Å². The van der Waals surface area contributed by atoms with Gasteiger partial charge in [-0.2, -0.15) is 0 Å². The van der Waals surface area contributed by atoms with E-state index >= 15 is 0 Å². The topological polar surface area (TPSA) is 64.3 Å². The molecule has 0 aliphatic heterocycles. The van der Waals surface area contributed by atoms with Crippen LogP contribution in [0.25, 0.3) is 0 Å². The molecule has 0 aromatic heterocycles. The molecule has 0 saturated carbocycles. The SMILES string of the molecule is COC(CNC(=O)[C@@H](N)CC(C)C)c1ccc(Cl)cc1. The van der Waals surface area contributed by atoms with E-state index in [4.69, 9.17) is 22.1 Å². The van der Waals surface area contributed by atoms with Crippen molar-refractivity contribution in [2.75, 3.05) is 13.7 Å². The minimum atomic E-state index is -0.474. The molecular formula is C15H23ClN2O2. The number of halogens is 1. The molecule has 1 rings (SSSR count). The molecule has 0 radical (unpaired) electrons. The van der Waals surface area contributed by atoms with Gasteiger partial charge in [0.1, 0.15) is 0 Å². The Kier molecular flexibility index (Phi) is 6.99. The zero-order chi connectivity index (χ0) is 15.1. The Morgan fingerprint density at radius 3 is 2.45 bits per heavy atom. The Labute approximate surface area is 125 Å². The van der Waals surface area contributed by atoms with E-state index in [-0.39, 0.29) is 12.0 Å². The zero-order valence-electron chi connectivity index (χ0n) is 12.2. The molecule has 0 fully saturated rings. The van der Waals surface area contributed by atoms with E-state index in [9.17, 15) is 4.79 Å². The van der Waals surface area contributed by atoms with Gasteiger partial charge in [-0.1, -0.05) is 37.6 Å². The van der Waals surface area contributed by atoms with Crippen LogP contribution < -0.4 is 11.1 Å². The molecule has 0 bridgehead atoms. The monoisotopic (exact) mass is 298 g/mol. The van der Waals surface area contributed by atoms with Crippen LogP contribution in [0.1, 0.15) is 31.9 Å². The third kappa shape index (κ3) is 5.49. The molecule has 0 aliphatic rings. The van der Waals surface area contributed by atoms with Gasteiger partial charge in [0.25, 0.3) is 0 Å². The van der Waals surface area contributed by atoms with Gasteiger partial charge in [0.2, 0.25) is 5.91 Å². The number of rotatable bonds is 7. The molecule has 1 aromatic rings.